The van der Waals surface area contributed by atoms with Crippen molar-refractivity contribution in [3.05, 3.63) is 0 Å². The number of hydrogen-bond donors (Lipinski definition) is 1. The molecular weight excluding hydrogens is 257 g/mol. The average molecular weight is 277 g/mol. The van der Waals surface area contributed by atoms with E-state index in [4.69, 9.17) is 9.05 Å². The van der Waals surface area contributed by atoms with Crippen molar-refractivity contribution in [2.45, 2.75) is 33.5 Å². The van der Waals surface area contributed by atoms with Gasteiger partial charge in [-0.1, -0.05) is 19.6 Å². The topological polar surface area (TPSA) is 77.1 Å². The third kappa shape index (κ3) is 3.25. The number of aromatic nitrogens is 3. The molecule has 0 bridgehead atoms. The zero-order valence-electron chi connectivity index (χ0n) is 11.0. The van der Waals surface area contributed by atoms with Crippen LogP contribution in [0, 0.1) is 0 Å². The van der Waals surface area contributed by atoms with E-state index in [9.17, 15) is 4.57 Å². The Balaban J connectivity index is 3.21. The van der Waals surface area contributed by atoms with Crippen LogP contribution in [-0.2, 0) is 13.6 Å². The highest BCUT2D eigenvalue weighted by Crippen LogP contribution is 2.45. The van der Waals surface area contributed by atoms with Crippen molar-refractivity contribution < 1.29 is 13.6 Å². The normalized spacial score (nSPS) is 13.0. The molecule has 17 heavy (non-hydrogen) atoms. The number of nitrogens with one attached hydrogen (secondary N) is 1. The Labute approximate surface area is 103 Å². The van der Waals surface area contributed by atoms with E-state index in [0.717, 1.165) is 5.32 Å². The molecule has 1 aromatic rings. The Morgan fingerprint density at radius 1 is 1.18 bits per heavy atom. The summed E-state index contributed by atoms with van der Waals surface area (Å²) in [4.78, 5) is 0. The Hall–Kier alpha value is -0.493. The van der Waals surface area contributed by atoms with Gasteiger partial charge in [0.2, 0.25) is 0 Å². The molecule has 0 aliphatic heterocycles. The van der Waals surface area contributed by atoms with Gasteiger partial charge in [-0.05, 0) is 13.8 Å². The van der Waals surface area contributed by atoms with Crippen molar-refractivity contribution in [2.24, 2.45) is 0 Å². The van der Waals surface area contributed by atoms with Crippen molar-refractivity contribution >= 4 is 26.4 Å². The summed E-state index contributed by atoms with van der Waals surface area (Å²) in [6, 6.07) is 0. The molecule has 0 aromatic carbocycles. The van der Waals surface area contributed by atoms with E-state index in [2.05, 4.69) is 35.1 Å². The monoisotopic (exact) mass is 277 g/mol. The van der Waals surface area contributed by atoms with Crippen LogP contribution in [0.5, 0.6) is 0 Å². The van der Waals surface area contributed by atoms with Crippen molar-refractivity contribution in [1.29, 1.82) is 0 Å². The fraction of sp³-hybridized carbons (Fsp3) is 0.778. The van der Waals surface area contributed by atoms with E-state index < -0.39 is 15.7 Å². The average Bonchev–Trinajstić information content (AvgIpc) is 2.66. The van der Waals surface area contributed by atoms with E-state index in [-0.39, 0.29) is 0 Å². The molecule has 0 amide bonds. The lowest BCUT2D eigenvalue weighted by molar-refractivity contribution is 0.229. The van der Waals surface area contributed by atoms with Gasteiger partial charge < -0.3 is 9.05 Å². The highest BCUT2D eigenvalue weighted by Gasteiger charge is 2.38. The molecule has 0 saturated carbocycles. The summed E-state index contributed by atoms with van der Waals surface area (Å²) in [5, 5.41) is 11.4. The molecule has 0 aliphatic rings. The molecule has 0 aliphatic carbocycles. The van der Waals surface area contributed by atoms with Crippen LogP contribution in [0.4, 0.5) is 0 Å². The molecular formula is C9H20N3O3PSi. The molecule has 1 rings (SSSR count). The highest BCUT2D eigenvalue weighted by atomic mass is 31.2. The SMILES string of the molecule is CCOP(=O)(OCC)c1n[nH]nc1[Si](C)(C)C. The Bertz CT molecular complexity index is 406. The van der Waals surface area contributed by atoms with Crippen molar-refractivity contribution in [2.75, 3.05) is 13.2 Å². The first-order chi connectivity index (χ1) is 7.85. The molecule has 0 saturated heterocycles. The first-order valence-electron chi connectivity index (χ1n) is 5.66. The van der Waals surface area contributed by atoms with E-state index in [1.165, 1.54) is 0 Å². The van der Waals surface area contributed by atoms with Gasteiger partial charge >= 0.3 is 7.60 Å². The minimum absolute atomic E-state index is 0.315. The fourth-order valence-electron chi connectivity index (χ4n) is 1.42. The smallest absolute Gasteiger partial charge is 0.304 e. The number of aromatic amines is 1. The van der Waals surface area contributed by atoms with Crippen molar-refractivity contribution in [3.8, 4) is 0 Å². The molecule has 0 atom stereocenters. The molecule has 1 aromatic heterocycles. The summed E-state index contributed by atoms with van der Waals surface area (Å²) >= 11 is 0. The molecule has 0 radical (unpaired) electrons. The summed E-state index contributed by atoms with van der Waals surface area (Å²) in [6.07, 6.45) is 0. The van der Waals surface area contributed by atoms with Crippen LogP contribution in [-0.4, -0.2) is 36.7 Å². The maximum Gasteiger partial charge on any atom is 0.382 e. The molecule has 6 nitrogen and oxygen atoms in total. The fourth-order valence-corrected chi connectivity index (χ4v) is 5.42. The van der Waals surface area contributed by atoms with Crippen molar-refractivity contribution in [1.82, 2.24) is 15.4 Å². The zero-order chi connectivity index (χ0) is 13.1. The number of rotatable bonds is 6. The van der Waals surface area contributed by atoms with Crippen LogP contribution >= 0.6 is 7.60 Å². The first-order valence-corrected chi connectivity index (χ1v) is 10.7. The standard InChI is InChI=1S/C9H20N3O3PSi/c1-6-14-16(13,15-7-2)8-9(11-12-10-8)17(3,4)5/h6-7H2,1-5H3,(H,10,11,12). The van der Waals surface area contributed by atoms with E-state index in [0.29, 0.717) is 18.6 Å². The van der Waals surface area contributed by atoms with Crippen LogP contribution in [0.15, 0.2) is 0 Å². The predicted molar refractivity (Wildman–Crippen MR) is 69.9 cm³/mol. The molecule has 1 heterocycles. The number of nitrogens with zero attached hydrogens (tertiary/aromatic N) is 2. The second-order valence-corrected chi connectivity index (χ2v) is 11.5. The molecule has 1 N–H and O–H groups in total. The lowest BCUT2D eigenvalue weighted by atomic mass is 10.9. The van der Waals surface area contributed by atoms with E-state index in [1.54, 1.807) is 13.8 Å². The predicted octanol–water partition coefficient (Wildman–Crippen LogP) is 1.24. The van der Waals surface area contributed by atoms with Crippen LogP contribution < -0.4 is 10.8 Å². The van der Waals surface area contributed by atoms with Gasteiger partial charge in [0.25, 0.3) is 0 Å². The minimum atomic E-state index is -3.33. The van der Waals surface area contributed by atoms with Crippen molar-refractivity contribution in [3.63, 3.8) is 0 Å². The number of hydrogen-bond acceptors (Lipinski definition) is 5. The van der Waals surface area contributed by atoms with Crippen LogP contribution in [0.25, 0.3) is 0 Å². The quantitative estimate of drug-likeness (QED) is 0.625. The number of H-pyrrole nitrogens is 1. The summed E-state index contributed by atoms with van der Waals surface area (Å²) in [6.45, 7) is 10.5. The Morgan fingerprint density at radius 2 is 1.71 bits per heavy atom. The molecule has 98 valence electrons. The van der Waals surface area contributed by atoms with E-state index >= 15 is 0 Å². The largest absolute Gasteiger partial charge is 0.382 e. The lowest BCUT2D eigenvalue weighted by Crippen LogP contribution is -2.47. The summed E-state index contributed by atoms with van der Waals surface area (Å²) in [7, 11) is -5.06. The molecule has 0 spiro atoms. The molecule has 8 heteroatoms. The molecule has 0 fully saturated rings. The summed E-state index contributed by atoms with van der Waals surface area (Å²) < 4.78 is 23.2. The van der Waals surface area contributed by atoms with Crippen LogP contribution in [0.3, 0.4) is 0 Å². The van der Waals surface area contributed by atoms with Gasteiger partial charge in [0.15, 0.2) is 5.44 Å². The Morgan fingerprint density at radius 3 is 2.12 bits per heavy atom. The van der Waals surface area contributed by atoms with E-state index in [1.807, 2.05) is 0 Å². The second-order valence-electron chi connectivity index (χ2n) is 4.58. The van der Waals surface area contributed by atoms with Gasteiger partial charge in [-0.2, -0.15) is 10.3 Å². The van der Waals surface area contributed by atoms with Gasteiger partial charge in [-0.15, -0.1) is 5.10 Å². The zero-order valence-corrected chi connectivity index (χ0v) is 12.9. The Kier molecular flexibility index (Phi) is 4.66. The van der Waals surface area contributed by atoms with Gasteiger partial charge in [0, 0.05) is 0 Å². The minimum Gasteiger partial charge on any atom is -0.304 e. The lowest BCUT2D eigenvalue weighted by Gasteiger charge is -2.19. The third-order valence-electron chi connectivity index (χ3n) is 2.10. The summed E-state index contributed by atoms with van der Waals surface area (Å²) in [5.41, 5.74) is 0.348. The summed E-state index contributed by atoms with van der Waals surface area (Å²) in [5.74, 6) is 0. The van der Waals surface area contributed by atoms with Gasteiger partial charge in [0.05, 0.1) is 18.5 Å². The third-order valence-corrected chi connectivity index (χ3v) is 6.10. The van der Waals surface area contributed by atoms with Crippen LogP contribution in [0.2, 0.25) is 19.6 Å². The van der Waals surface area contributed by atoms with Crippen LogP contribution in [0.1, 0.15) is 13.8 Å². The molecule has 0 unspecified atom stereocenters. The van der Waals surface area contributed by atoms with Gasteiger partial charge in [-0.25, -0.2) is 0 Å². The second kappa shape index (κ2) is 5.43. The first kappa shape index (κ1) is 14.6. The van der Waals surface area contributed by atoms with Gasteiger partial charge in [-0.3, -0.25) is 4.57 Å². The highest BCUT2D eigenvalue weighted by molar-refractivity contribution is 7.62. The van der Waals surface area contributed by atoms with Gasteiger partial charge in [0.1, 0.15) is 8.07 Å². The maximum absolute atomic E-state index is 12.6. The maximum atomic E-state index is 12.6.